The molecule has 0 spiro atoms. The molecule has 1 aromatic heterocycles. The molecule has 0 saturated carbocycles. The fraction of sp³-hybridized carbons (Fsp3) is 0.692. The van der Waals surface area contributed by atoms with Gasteiger partial charge < -0.3 is 14.7 Å². The Balaban J connectivity index is 1.88. The Morgan fingerprint density at radius 2 is 2.28 bits per heavy atom. The molecule has 5 nitrogen and oxygen atoms in total. The molecule has 0 bridgehead atoms. The SMILES string of the molecule is Cc1noc(C)c1C(=O)N1CCCC2CNCC21. The molecule has 2 aliphatic rings. The molecular formula is C13H19N3O2. The Morgan fingerprint density at radius 1 is 1.44 bits per heavy atom. The molecule has 2 fully saturated rings. The van der Waals surface area contributed by atoms with Crippen LogP contribution in [0.15, 0.2) is 4.52 Å². The van der Waals surface area contributed by atoms with E-state index < -0.39 is 0 Å². The van der Waals surface area contributed by atoms with Gasteiger partial charge in [-0.15, -0.1) is 0 Å². The number of nitrogens with zero attached hydrogens (tertiary/aromatic N) is 2. The average Bonchev–Trinajstić information content (AvgIpc) is 2.95. The lowest BCUT2D eigenvalue weighted by Gasteiger charge is -2.37. The van der Waals surface area contributed by atoms with Crippen molar-refractivity contribution in [2.24, 2.45) is 5.92 Å². The molecule has 18 heavy (non-hydrogen) atoms. The maximum absolute atomic E-state index is 12.6. The third kappa shape index (κ3) is 1.73. The van der Waals surface area contributed by atoms with E-state index in [0.29, 0.717) is 29.0 Å². The number of aryl methyl sites for hydroxylation is 2. The van der Waals surface area contributed by atoms with Crippen molar-refractivity contribution < 1.29 is 9.32 Å². The standard InChI is InChI=1S/C13H19N3O2/c1-8-12(9(2)18-15-8)13(17)16-5-3-4-10-6-14-7-11(10)16/h10-11,14H,3-7H2,1-2H3. The van der Waals surface area contributed by atoms with Gasteiger partial charge >= 0.3 is 0 Å². The predicted octanol–water partition coefficient (Wildman–Crippen LogP) is 1.12. The molecule has 2 atom stereocenters. The van der Waals surface area contributed by atoms with Gasteiger partial charge in [-0.3, -0.25) is 4.79 Å². The largest absolute Gasteiger partial charge is 0.361 e. The van der Waals surface area contributed by atoms with Gasteiger partial charge in [0, 0.05) is 25.7 Å². The number of rotatable bonds is 1. The predicted molar refractivity (Wildman–Crippen MR) is 66.4 cm³/mol. The molecule has 1 aromatic rings. The van der Waals surface area contributed by atoms with Crippen molar-refractivity contribution in [3.8, 4) is 0 Å². The monoisotopic (exact) mass is 249 g/mol. The van der Waals surface area contributed by atoms with Gasteiger partial charge in [-0.1, -0.05) is 5.16 Å². The van der Waals surface area contributed by atoms with Gasteiger partial charge in [-0.05, 0) is 32.6 Å². The lowest BCUT2D eigenvalue weighted by atomic mass is 9.91. The van der Waals surface area contributed by atoms with E-state index in [1.807, 2.05) is 18.7 Å². The number of amides is 1. The molecule has 1 amide bonds. The zero-order chi connectivity index (χ0) is 12.7. The van der Waals surface area contributed by atoms with Crippen LogP contribution in [0.1, 0.15) is 34.7 Å². The van der Waals surface area contributed by atoms with Crippen molar-refractivity contribution in [3.05, 3.63) is 17.0 Å². The third-order valence-electron chi connectivity index (χ3n) is 4.19. The van der Waals surface area contributed by atoms with Crippen molar-refractivity contribution in [3.63, 3.8) is 0 Å². The Hall–Kier alpha value is -1.36. The molecule has 2 unspecified atom stereocenters. The Bertz CT molecular complexity index is 449. The van der Waals surface area contributed by atoms with Crippen LogP contribution in [0.25, 0.3) is 0 Å². The number of carbonyl (C=O) groups is 1. The van der Waals surface area contributed by atoms with Crippen LogP contribution in [0, 0.1) is 19.8 Å². The van der Waals surface area contributed by atoms with Gasteiger partial charge in [-0.2, -0.15) is 0 Å². The van der Waals surface area contributed by atoms with Crippen LogP contribution in [0.2, 0.25) is 0 Å². The summed E-state index contributed by atoms with van der Waals surface area (Å²) in [5.74, 6) is 1.33. The highest BCUT2D eigenvalue weighted by molar-refractivity contribution is 5.96. The topological polar surface area (TPSA) is 58.4 Å². The number of likely N-dealkylation sites (tertiary alicyclic amines) is 1. The molecule has 2 aliphatic heterocycles. The first-order chi connectivity index (χ1) is 8.68. The molecule has 0 radical (unpaired) electrons. The highest BCUT2D eigenvalue weighted by atomic mass is 16.5. The minimum atomic E-state index is 0.0876. The zero-order valence-corrected chi connectivity index (χ0v) is 10.9. The highest BCUT2D eigenvalue weighted by Gasteiger charge is 2.38. The third-order valence-corrected chi connectivity index (χ3v) is 4.19. The van der Waals surface area contributed by atoms with E-state index in [2.05, 4.69) is 10.5 Å². The van der Waals surface area contributed by atoms with E-state index in [-0.39, 0.29) is 5.91 Å². The summed E-state index contributed by atoms with van der Waals surface area (Å²) in [5.41, 5.74) is 1.35. The van der Waals surface area contributed by atoms with E-state index >= 15 is 0 Å². The first-order valence-corrected chi connectivity index (χ1v) is 6.63. The van der Waals surface area contributed by atoms with Crippen molar-refractivity contribution >= 4 is 5.91 Å². The van der Waals surface area contributed by atoms with Crippen molar-refractivity contribution in [2.45, 2.75) is 32.7 Å². The molecule has 0 aromatic carbocycles. The van der Waals surface area contributed by atoms with Crippen LogP contribution in [-0.4, -0.2) is 41.6 Å². The van der Waals surface area contributed by atoms with Gasteiger partial charge in [0.25, 0.3) is 5.91 Å². The second kappa shape index (κ2) is 4.39. The first kappa shape index (κ1) is 11.7. The molecule has 98 valence electrons. The molecule has 5 heteroatoms. The number of nitrogens with one attached hydrogen (secondary N) is 1. The average molecular weight is 249 g/mol. The molecule has 2 saturated heterocycles. The van der Waals surface area contributed by atoms with E-state index in [1.165, 1.54) is 6.42 Å². The van der Waals surface area contributed by atoms with Crippen LogP contribution in [0.5, 0.6) is 0 Å². The number of hydrogen-bond donors (Lipinski definition) is 1. The summed E-state index contributed by atoms with van der Waals surface area (Å²) in [7, 11) is 0. The summed E-state index contributed by atoms with van der Waals surface area (Å²) in [4.78, 5) is 14.7. The van der Waals surface area contributed by atoms with E-state index in [9.17, 15) is 4.79 Å². The molecule has 1 N–H and O–H groups in total. The van der Waals surface area contributed by atoms with Crippen LogP contribution in [0.3, 0.4) is 0 Å². The summed E-state index contributed by atoms with van der Waals surface area (Å²) >= 11 is 0. The lowest BCUT2D eigenvalue weighted by Crippen LogP contribution is -2.48. The van der Waals surface area contributed by atoms with Gasteiger partial charge in [0.1, 0.15) is 11.3 Å². The van der Waals surface area contributed by atoms with Gasteiger partial charge in [0.05, 0.1) is 5.69 Å². The maximum Gasteiger partial charge on any atom is 0.259 e. The number of piperidine rings is 1. The number of carbonyl (C=O) groups excluding carboxylic acids is 1. The Kier molecular flexibility index (Phi) is 2.86. The normalized spacial score (nSPS) is 27.3. The first-order valence-electron chi connectivity index (χ1n) is 6.63. The van der Waals surface area contributed by atoms with E-state index in [0.717, 1.165) is 26.1 Å². The number of aromatic nitrogens is 1. The Labute approximate surface area is 107 Å². The van der Waals surface area contributed by atoms with Crippen molar-refractivity contribution in [2.75, 3.05) is 19.6 Å². The molecular weight excluding hydrogens is 230 g/mol. The number of fused-ring (bicyclic) bond motifs is 1. The van der Waals surface area contributed by atoms with E-state index in [1.54, 1.807) is 0 Å². The summed E-state index contributed by atoms with van der Waals surface area (Å²) in [6, 6.07) is 0.347. The zero-order valence-electron chi connectivity index (χ0n) is 10.9. The molecule has 3 rings (SSSR count). The fourth-order valence-corrected chi connectivity index (χ4v) is 3.25. The van der Waals surface area contributed by atoms with Crippen LogP contribution in [-0.2, 0) is 0 Å². The second-order valence-electron chi connectivity index (χ2n) is 5.33. The highest BCUT2D eigenvalue weighted by Crippen LogP contribution is 2.28. The van der Waals surface area contributed by atoms with Crippen LogP contribution < -0.4 is 5.32 Å². The smallest absolute Gasteiger partial charge is 0.259 e. The lowest BCUT2D eigenvalue weighted by molar-refractivity contribution is 0.0572. The van der Waals surface area contributed by atoms with Crippen molar-refractivity contribution in [1.29, 1.82) is 0 Å². The van der Waals surface area contributed by atoms with E-state index in [4.69, 9.17) is 4.52 Å². The summed E-state index contributed by atoms with van der Waals surface area (Å²) < 4.78 is 5.11. The van der Waals surface area contributed by atoms with Gasteiger partial charge in [-0.25, -0.2) is 0 Å². The van der Waals surface area contributed by atoms with Crippen LogP contribution >= 0.6 is 0 Å². The maximum atomic E-state index is 12.6. The summed E-state index contributed by atoms with van der Waals surface area (Å²) in [6.07, 6.45) is 2.32. The Morgan fingerprint density at radius 3 is 3.00 bits per heavy atom. The number of hydrogen-bond acceptors (Lipinski definition) is 4. The summed E-state index contributed by atoms with van der Waals surface area (Å²) in [5, 5.41) is 7.27. The minimum absolute atomic E-state index is 0.0876. The minimum Gasteiger partial charge on any atom is -0.361 e. The fourth-order valence-electron chi connectivity index (χ4n) is 3.25. The molecule has 3 heterocycles. The van der Waals surface area contributed by atoms with Crippen LogP contribution in [0.4, 0.5) is 0 Å². The van der Waals surface area contributed by atoms with Crippen molar-refractivity contribution in [1.82, 2.24) is 15.4 Å². The second-order valence-corrected chi connectivity index (χ2v) is 5.33. The summed E-state index contributed by atoms with van der Waals surface area (Å²) in [6.45, 7) is 6.45. The molecule has 0 aliphatic carbocycles. The van der Waals surface area contributed by atoms with Gasteiger partial charge in [0.2, 0.25) is 0 Å². The van der Waals surface area contributed by atoms with Gasteiger partial charge in [0.15, 0.2) is 0 Å². The quantitative estimate of drug-likeness (QED) is 0.810.